The first-order chi connectivity index (χ1) is 31.2. The van der Waals surface area contributed by atoms with Gasteiger partial charge in [0.1, 0.15) is 23.9 Å². The van der Waals surface area contributed by atoms with Crippen molar-refractivity contribution in [3.63, 3.8) is 0 Å². The largest absolute Gasteiger partial charge is 0.489 e. The van der Waals surface area contributed by atoms with Gasteiger partial charge in [-0.2, -0.15) is 0 Å². The first-order valence-corrected chi connectivity index (χ1v) is 21.5. The van der Waals surface area contributed by atoms with Crippen molar-refractivity contribution in [1.29, 1.82) is 0 Å². The summed E-state index contributed by atoms with van der Waals surface area (Å²) in [5.41, 5.74) is 11.3. The lowest BCUT2D eigenvalue weighted by atomic mass is 9.87. The average molecular weight is 807 g/mol. The van der Waals surface area contributed by atoms with Gasteiger partial charge in [0.25, 0.3) is 0 Å². The van der Waals surface area contributed by atoms with Crippen LogP contribution in [-0.4, -0.2) is 0 Å². The van der Waals surface area contributed by atoms with Crippen molar-refractivity contribution in [2.45, 2.75) is 6.61 Å². The Labute approximate surface area is 367 Å². The van der Waals surface area contributed by atoms with E-state index < -0.39 is 0 Å². The SMILES string of the molecule is C(=C(\c1ccccc1)c1cccc2ccccc12)/c1ccc(-c2ccc(/C=c3\c4cccc5c(-c6ccccc6)ccc3c54)c(Oc3ccccc3)c2)cc1COc1ccccc1. The fourth-order valence-electron chi connectivity index (χ4n) is 8.93. The maximum absolute atomic E-state index is 6.75. The minimum atomic E-state index is 0.399. The van der Waals surface area contributed by atoms with Crippen LogP contribution in [0.3, 0.4) is 0 Å². The summed E-state index contributed by atoms with van der Waals surface area (Å²) in [6.07, 6.45) is 4.61. The van der Waals surface area contributed by atoms with Crippen molar-refractivity contribution >= 4 is 50.0 Å². The maximum Gasteiger partial charge on any atom is 0.135 e. The Morgan fingerprint density at radius 3 is 1.83 bits per heavy atom. The molecule has 0 atom stereocenters. The quantitative estimate of drug-likeness (QED) is 0.121. The Kier molecular flexibility index (Phi) is 10.0. The molecule has 0 amide bonds. The number of hydrogen-bond donors (Lipinski definition) is 0. The molecule has 2 nitrogen and oxygen atoms in total. The van der Waals surface area contributed by atoms with E-state index >= 15 is 0 Å². The highest BCUT2D eigenvalue weighted by molar-refractivity contribution is 6.21. The monoisotopic (exact) mass is 806 g/mol. The molecular weight excluding hydrogens is 765 g/mol. The van der Waals surface area contributed by atoms with E-state index in [-0.39, 0.29) is 0 Å². The Morgan fingerprint density at radius 1 is 0.429 bits per heavy atom. The zero-order chi connectivity index (χ0) is 42.0. The molecule has 11 aromatic rings. The van der Waals surface area contributed by atoms with Gasteiger partial charge in [-0.3, -0.25) is 0 Å². The van der Waals surface area contributed by atoms with Crippen LogP contribution in [0, 0.1) is 0 Å². The van der Waals surface area contributed by atoms with Crippen LogP contribution in [-0.2, 0) is 6.61 Å². The summed E-state index contributed by atoms with van der Waals surface area (Å²) < 4.78 is 13.2. The topological polar surface area (TPSA) is 18.5 Å². The van der Waals surface area contributed by atoms with E-state index in [9.17, 15) is 0 Å². The minimum Gasteiger partial charge on any atom is -0.489 e. The fraction of sp³-hybridized carbons (Fsp3) is 0.0164. The molecule has 0 radical (unpaired) electrons. The third kappa shape index (κ3) is 7.49. The molecule has 298 valence electrons. The van der Waals surface area contributed by atoms with Crippen molar-refractivity contribution in [3.05, 3.63) is 264 Å². The molecule has 0 fully saturated rings. The van der Waals surface area contributed by atoms with Crippen LogP contribution in [0.4, 0.5) is 0 Å². The number of fused-ring (bicyclic) bond motifs is 1. The summed E-state index contributed by atoms with van der Waals surface area (Å²) >= 11 is 0. The lowest BCUT2D eigenvalue weighted by molar-refractivity contribution is 0.306. The van der Waals surface area contributed by atoms with Crippen LogP contribution in [0.25, 0.3) is 72.3 Å². The van der Waals surface area contributed by atoms with Crippen LogP contribution >= 0.6 is 0 Å². The van der Waals surface area contributed by atoms with E-state index in [0.29, 0.717) is 6.61 Å². The Morgan fingerprint density at radius 2 is 1.03 bits per heavy atom. The summed E-state index contributed by atoms with van der Waals surface area (Å²) in [5.74, 6) is 2.41. The molecule has 0 aromatic heterocycles. The second kappa shape index (κ2) is 16.7. The van der Waals surface area contributed by atoms with Crippen LogP contribution in [0.15, 0.2) is 231 Å². The Balaban J connectivity index is 1.03. The van der Waals surface area contributed by atoms with E-state index in [1.165, 1.54) is 54.2 Å². The summed E-state index contributed by atoms with van der Waals surface area (Å²) in [5, 5.41) is 8.78. The van der Waals surface area contributed by atoms with Crippen LogP contribution in [0.2, 0.25) is 0 Å². The van der Waals surface area contributed by atoms with Gasteiger partial charge < -0.3 is 9.47 Å². The Hall–Kier alpha value is -8.20. The van der Waals surface area contributed by atoms with Gasteiger partial charge in [-0.25, -0.2) is 0 Å². The van der Waals surface area contributed by atoms with E-state index in [1.54, 1.807) is 0 Å². The van der Waals surface area contributed by atoms with Gasteiger partial charge in [0, 0.05) is 5.56 Å². The molecule has 0 N–H and O–H groups in total. The highest BCUT2D eigenvalue weighted by atomic mass is 16.5. The minimum absolute atomic E-state index is 0.399. The van der Waals surface area contributed by atoms with Crippen molar-refractivity contribution in [2.75, 3.05) is 0 Å². The lowest BCUT2D eigenvalue weighted by Gasteiger charge is -2.17. The van der Waals surface area contributed by atoms with Gasteiger partial charge >= 0.3 is 0 Å². The van der Waals surface area contributed by atoms with Gasteiger partial charge in [0.15, 0.2) is 0 Å². The molecule has 11 rings (SSSR count). The number of benzene rings is 10. The van der Waals surface area contributed by atoms with Gasteiger partial charge in [-0.1, -0.05) is 194 Å². The molecule has 0 saturated heterocycles. The smallest absolute Gasteiger partial charge is 0.135 e. The first kappa shape index (κ1) is 37.8. The second-order valence-corrected chi connectivity index (χ2v) is 15.9. The fourth-order valence-corrected chi connectivity index (χ4v) is 8.93. The summed E-state index contributed by atoms with van der Waals surface area (Å²) in [7, 11) is 0. The standard InChI is InChI=1S/C61H42O2/c1-5-17-42(18-6-1)53-35-36-57-59(56-30-16-29-55(53)61(56)57)39-48-34-33-47(40-60(48)63-51-25-11-4-12-26-51)45-31-32-46(49(37-45)41-62-50-23-9-3-10-24-50)38-58(44-19-7-2-8-20-44)54-28-15-22-43-21-13-14-27-52(43)54/h1-40H,41H2/b58-38-,59-39+. The lowest BCUT2D eigenvalue weighted by Crippen LogP contribution is -2.11. The summed E-state index contributed by atoms with van der Waals surface area (Å²) in [4.78, 5) is 0. The number of para-hydroxylation sites is 2. The summed E-state index contributed by atoms with van der Waals surface area (Å²) in [6, 6.07) is 81.1. The van der Waals surface area contributed by atoms with Crippen molar-refractivity contribution in [3.8, 4) is 39.5 Å². The van der Waals surface area contributed by atoms with Gasteiger partial charge in [0.05, 0.1) is 0 Å². The molecule has 0 bridgehead atoms. The van der Waals surface area contributed by atoms with E-state index in [2.05, 4.69) is 182 Å². The Bertz CT molecular complexity index is 3420. The molecule has 0 aliphatic carbocycles. The number of rotatable bonds is 11. The van der Waals surface area contributed by atoms with Crippen molar-refractivity contribution in [1.82, 2.24) is 0 Å². The normalized spacial score (nSPS) is 12.1. The zero-order valence-corrected chi connectivity index (χ0v) is 34.6. The molecule has 0 spiro atoms. The maximum atomic E-state index is 6.75. The second-order valence-electron chi connectivity index (χ2n) is 15.9. The number of hydrogen-bond acceptors (Lipinski definition) is 2. The molecule has 0 aliphatic rings. The van der Waals surface area contributed by atoms with Gasteiger partial charge in [0.2, 0.25) is 0 Å². The molecule has 63 heavy (non-hydrogen) atoms. The first-order valence-electron chi connectivity index (χ1n) is 21.5. The molecule has 11 aromatic carbocycles. The van der Waals surface area contributed by atoms with Gasteiger partial charge in [-0.15, -0.1) is 0 Å². The predicted octanol–water partition coefficient (Wildman–Crippen LogP) is 15.4. The highest BCUT2D eigenvalue weighted by Crippen LogP contribution is 2.38. The number of ether oxygens (including phenoxy) is 2. The third-order valence-electron chi connectivity index (χ3n) is 12.1. The molecule has 0 saturated carbocycles. The zero-order valence-electron chi connectivity index (χ0n) is 34.6. The third-order valence-corrected chi connectivity index (χ3v) is 12.1. The van der Waals surface area contributed by atoms with E-state index in [1.807, 2.05) is 60.7 Å². The predicted molar refractivity (Wildman–Crippen MR) is 263 cm³/mol. The van der Waals surface area contributed by atoms with E-state index in [0.717, 1.165) is 56.2 Å². The van der Waals surface area contributed by atoms with Crippen molar-refractivity contribution < 1.29 is 9.47 Å². The van der Waals surface area contributed by atoms with Crippen LogP contribution < -0.4 is 14.7 Å². The van der Waals surface area contributed by atoms with Crippen molar-refractivity contribution in [2.24, 2.45) is 0 Å². The summed E-state index contributed by atoms with van der Waals surface area (Å²) in [6.45, 7) is 0.399. The molecule has 0 heterocycles. The van der Waals surface area contributed by atoms with E-state index in [4.69, 9.17) is 9.47 Å². The average Bonchev–Trinajstić information content (AvgIpc) is 3.35. The van der Waals surface area contributed by atoms with Gasteiger partial charge in [-0.05, 0) is 136 Å². The van der Waals surface area contributed by atoms with Crippen LogP contribution in [0.1, 0.15) is 27.8 Å². The molecular formula is C61H42O2. The molecule has 0 unspecified atom stereocenters. The molecule has 0 aliphatic heterocycles. The molecule has 2 heteroatoms. The van der Waals surface area contributed by atoms with Crippen LogP contribution in [0.5, 0.6) is 17.2 Å². The highest BCUT2D eigenvalue weighted by Gasteiger charge is 2.17.